The van der Waals surface area contributed by atoms with Crippen LogP contribution in [-0.2, 0) is 11.3 Å². The summed E-state index contributed by atoms with van der Waals surface area (Å²) >= 11 is 0. The zero-order valence-corrected chi connectivity index (χ0v) is 11.0. The molecule has 0 N–H and O–H groups in total. The summed E-state index contributed by atoms with van der Waals surface area (Å²) in [6.45, 7) is 2.45. The maximum Gasteiger partial charge on any atom is 0.113 e. The molecule has 2 atom stereocenters. The number of hydrogen-bond acceptors (Lipinski definition) is 3. The Labute approximate surface area is 103 Å². The van der Waals surface area contributed by atoms with Crippen LogP contribution in [0.2, 0.25) is 0 Å². The summed E-state index contributed by atoms with van der Waals surface area (Å²) in [7, 11) is 4.71. The molecule has 0 fully saturated rings. The van der Waals surface area contributed by atoms with Gasteiger partial charge in [0.1, 0.15) is 6.10 Å². The molecule has 4 nitrogen and oxygen atoms in total. The molecule has 1 aromatic carbocycles. The van der Waals surface area contributed by atoms with Gasteiger partial charge in [0, 0.05) is 11.9 Å². The minimum absolute atomic E-state index is 0.110. The van der Waals surface area contributed by atoms with Gasteiger partial charge in [-0.3, -0.25) is 9.35 Å². The first kappa shape index (κ1) is 11.1. The van der Waals surface area contributed by atoms with Crippen molar-refractivity contribution in [2.45, 2.75) is 12.6 Å². The minimum Gasteiger partial charge on any atom is -0.369 e. The van der Waals surface area contributed by atoms with Gasteiger partial charge in [0.25, 0.3) is 0 Å². The monoisotopic (exact) mass is 249 g/mol. The fourth-order valence-electron chi connectivity index (χ4n) is 2.37. The van der Waals surface area contributed by atoms with Crippen LogP contribution < -0.4 is 0 Å². The van der Waals surface area contributed by atoms with Crippen LogP contribution in [0.1, 0.15) is 11.8 Å². The van der Waals surface area contributed by atoms with Gasteiger partial charge in [0.15, 0.2) is 0 Å². The molecule has 17 heavy (non-hydrogen) atoms. The van der Waals surface area contributed by atoms with E-state index in [0.717, 1.165) is 25.2 Å². The van der Waals surface area contributed by atoms with E-state index < -0.39 is 0 Å². The predicted octanol–water partition coefficient (Wildman–Crippen LogP) is 1.83. The molecule has 0 aliphatic carbocycles. The number of nitrogens with zero attached hydrogens (tertiary/aromatic N) is 3. The largest absolute Gasteiger partial charge is 0.369 e. The summed E-state index contributed by atoms with van der Waals surface area (Å²) in [4.78, 5) is 0. The van der Waals surface area contributed by atoms with Crippen molar-refractivity contribution in [2.24, 2.45) is 0 Å². The van der Waals surface area contributed by atoms with Crippen molar-refractivity contribution in [3.05, 3.63) is 30.0 Å². The maximum absolute atomic E-state index is 5.87. The average molecular weight is 249 g/mol. The molecule has 2 unspecified atom stereocenters. The molecular weight excluding hydrogens is 233 g/mol. The molecule has 0 saturated carbocycles. The van der Waals surface area contributed by atoms with E-state index in [0.29, 0.717) is 0 Å². The molecule has 5 heteroatoms. The Morgan fingerprint density at radius 2 is 2.35 bits per heavy atom. The lowest BCUT2D eigenvalue weighted by molar-refractivity contribution is 0.0109. The summed E-state index contributed by atoms with van der Waals surface area (Å²) in [6, 6.07) is 8.26. The van der Waals surface area contributed by atoms with Crippen molar-refractivity contribution in [1.29, 1.82) is 0 Å². The van der Waals surface area contributed by atoms with Gasteiger partial charge in [-0.1, -0.05) is 27.6 Å². The number of rotatable bonds is 2. The van der Waals surface area contributed by atoms with Crippen molar-refractivity contribution in [1.82, 2.24) is 14.5 Å². The van der Waals surface area contributed by atoms with Crippen LogP contribution in [-0.4, -0.2) is 34.7 Å². The second-order valence-electron chi connectivity index (χ2n) is 4.42. The van der Waals surface area contributed by atoms with Crippen molar-refractivity contribution < 1.29 is 4.74 Å². The van der Waals surface area contributed by atoms with Gasteiger partial charge in [0.2, 0.25) is 0 Å². The summed E-state index contributed by atoms with van der Waals surface area (Å²) < 4.78 is 10.0. The lowest BCUT2D eigenvalue weighted by atomic mass is 10.1. The Hall–Kier alpha value is -0.960. The third-order valence-electron chi connectivity index (χ3n) is 3.07. The van der Waals surface area contributed by atoms with E-state index in [1.54, 1.807) is 0 Å². The third kappa shape index (κ3) is 1.97. The molecular formula is C12H16N3OP. The van der Waals surface area contributed by atoms with E-state index in [-0.39, 0.29) is 6.10 Å². The van der Waals surface area contributed by atoms with Crippen molar-refractivity contribution >= 4 is 20.3 Å². The van der Waals surface area contributed by atoms with Gasteiger partial charge in [-0.25, -0.2) is 0 Å². The first-order valence-corrected chi connectivity index (χ1v) is 6.30. The van der Waals surface area contributed by atoms with Crippen molar-refractivity contribution in [3.8, 4) is 0 Å². The van der Waals surface area contributed by atoms with Crippen LogP contribution in [0.5, 0.6) is 0 Å². The van der Waals surface area contributed by atoms with Crippen LogP contribution in [0.25, 0.3) is 10.9 Å². The fraction of sp³-hybridized carbons (Fsp3) is 0.417. The second kappa shape index (κ2) is 4.37. The number of ether oxygens (including phenoxy) is 1. The zero-order valence-electron chi connectivity index (χ0n) is 9.84. The first-order chi connectivity index (χ1) is 8.25. The van der Waals surface area contributed by atoms with Crippen LogP contribution in [0.4, 0.5) is 0 Å². The number of likely N-dealkylation sites (N-methyl/N-ethyl adjacent to an activating group) is 1. The molecule has 2 aromatic rings. The molecule has 0 bridgehead atoms. The van der Waals surface area contributed by atoms with Crippen LogP contribution in [0.3, 0.4) is 0 Å². The fourth-order valence-corrected chi connectivity index (χ4v) is 2.56. The lowest BCUT2D eigenvalue weighted by Gasteiger charge is -2.26. The van der Waals surface area contributed by atoms with E-state index in [9.17, 15) is 0 Å². The zero-order chi connectivity index (χ0) is 11.8. The quantitative estimate of drug-likeness (QED) is 0.761. The van der Waals surface area contributed by atoms with E-state index in [1.807, 2.05) is 13.1 Å². The highest BCUT2D eigenvalue weighted by Crippen LogP contribution is 2.30. The highest BCUT2D eigenvalue weighted by Gasteiger charge is 2.25. The van der Waals surface area contributed by atoms with Gasteiger partial charge in [-0.2, -0.15) is 5.10 Å². The second-order valence-corrected chi connectivity index (χ2v) is 5.31. The summed E-state index contributed by atoms with van der Waals surface area (Å²) in [5.41, 5.74) is 2.27. The van der Waals surface area contributed by atoms with Gasteiger partial charge < -0.3 is 4.74 Å². The Bertz CT molecular complexity index is 538. The Morgan fingerprint density at radius 1 is 1.53 bits per heavy atom. The molecule has 90 valence electrons. The van der Waals surface area contributed by atoms with Crippen molar-refractivity contribution in [3.63, 3.8) is 0 Å². The number of benzene rings is 1. The molecule has 0 amide bonds. The van der Waals surface area contributed by atoms with Gasteiger partial charge in [-0.15, -0.1) is 0 Å². The van der Waals surface area contributed by atoms with Crippen LogP contribution in [0.15, 0.2) is 24.3 Å². The van der Waals surface area contributed by atoms with Crippen LogP contribution in [0, 0.1) is 0 Å². The van der Waals surface area contributed by atoms with E-state index >= 15 is 0 Å². The number of fused-ring (bicyclic) bond motifs is 3. The molecule has 1 aliphatic rings. The molecule has 1 aromatic heterocycles. The summed E-state index contributed by atoms with van der Waals surface area (Å²) in [6.07, 6.45) is 0.110. The summed E-state index contributed by atoms with van der Waals surface area (Å²) in [5.74, 6) is 0. The average Bonchev–Trinajstić information content (AvgIpc) is 2.67. The first-order valence-electron chi connectivity index (χ1n) is 5.78. The highest BCUT2D eigenvalue weighted by atomic mass is 31.0. The molecule has 0 saturated heterocycles. The Kier molecular flexibility index (Phi) is 2.87. The van der Waals surface area contributed by atoms with E-state index in [2.05, 4.69) is 42.0 Å². The SMILES string of the molecule is CN(P)CC1OCCn2nc3ccccc3c21. The van der Waals surface area contributed by atoms with Gasteiger partial charge in [-0.05, 0) is 13.1 Å². The maximum atomic E-state index is 5.87. The normalized spacial score (nSPS) is 19.8. The van der Waals surface area contributed by atoms with E-state index in [4.69, 9.17) is 4.74 Å². The number of hydrogen-bond donors (Lipinski definition) is 0. The summed E-state index contributed by atoms with van der Waals surface area (Å²) in [5, 5.41) is 5.83. The van der Waals surface area contributed by atoms with Gasteiger partial charge in [0.05, 0.1) is 24.4 Å². The Balaban J connectivity index is 2.10. The lowest BCUT2D eigenvalue weighted by Crippen LogP contribution is -2.27. The van der Waals surface area contributed by atoms with Gasteiger partial charge >= 0.3 is 0 Å². The molecule has 0 radical (unpaired) electrons. The highest BCUT2D eigenvalue weighted by molar-refractivity contribution is 7.13. The van der Waals surface area contributed by atoms with Crippen molar-refractivity contribution in [2.75, 3.05) is 20.2 Å². The number of aromatic nitrogens is 2. The Morgan fingerprint density at radius 3 is 3.18 bits per heavy atom. The van der Waals surface area contributed by atoms with E-state index in [1.165, 1.54) is 11.1 Å². The molecule has 0 spiro atoms. The topological polar surface area (TPSA) is 30.3 Å². The smallest absolute Gasteiger partial charge is 0.113 e. The minimum atomic E-state index is 0.110. The third-order valence-corrected chi connectivity index (χ3v) is 3.28. The molecule has 1 aliphatic heterocycles. The standard InChI is InChI=1S/C12H16N3OP/c1-14(17)8-11-12-9-4-2-3-5-10(9)13-15(12)6-7-16-11/h2-5,11H,6-8,17H2,1H3. The predicted molar refractivity (Wildman–Crippen MR) is 70.8 cm³/mol. The molecule has 2 heterocycles. The van der Waals surface area contributed by atoms with Crippen LogP contribution >= 0.6 is 9.39 Å². The molecule has 3 rings (SSSR count).